The van der Waals surface area contributed by atoms with Crippen molar-refractivity contribution >= 4 is 27.4 Å². The molecule has 21 heavy (non-hydrogen) atoms. The number of aromatic nitrogens is 1. The van der Waals surface area contributed by atoms with Crippen molar-refractivity contribution < 1.29 is 13.2 Å². The maximum Gasteiger partial charge on any atom is 0.244 e. The molecule has 0 saturated heterocycles. The Bertz CT molecular complexity index is 605. The van der Waals surface area contributed by atoms with Crippen LogP contribution in [0.15, 0.2) is 17.2 Å². The van der Waals surface area contributed by atoms with E-state index in [4.69, 9.17) is 22.1 Å². The Kier molecular flexibility index (Phi) is 5.08. The first-order valence-corrected chi connectivity index (χ1v) is 8.61. The summed E-state index contributed by atoms with van der Waals surface area (Å²) in [6.45, 7) is 2.57. The number of nitrogens with two attached hydrogens (primary N) is 1. The second-order valence-corrected chi connectivity index (χ2v) is 7.52. The van der Waals surface area contributed by atoms with E-state index >= 15 is 0 Å². The molecule has 0 aliphatic heterocycles. The second kappa shape index (κ2) is 6.48. The second-order valence-electron chi connectivity index (χ2n) is 5.22. The number of halogens is 1. The van der Waals surface area contributed by atoms with E-state index in [-0.39, 0.29) is 21.8 Å². The van der Waals surface area contributed by atoms with Gasteiger partial charge in [0.1, 0.15) is 10.7 Å². The third-order valence-corrected chi connectivity index (χ3v) is 5.98. The first-order chi connectivity index (χ1) is 9.87. The molecule has 1 atom stereocenters. The number of methoxy groups -OCH3 is 1. The zero-order valence-electron chi connectivity index (χ0n) is 12.1. The fraction of sp³-hybridized carbons (Fsp3) is 0.615. The quantitative estimate of drug-likeness (QED) is 0.821. The molecule has 118 valence electrons. The van der Waals surface area contributed by atoms with Crippen molar-refractivity contribution in [3.8, 4) is 0 Å². The SMILES string of the molecule is COCCN(C(C)C1CC1)S(=O)(=O)c1cnc(N)c(Cl)c1. The van der Waals surface area contributed by atoms with Crippen LogP contribution in [0.1, 0.15) is 19.8 Å². The number of sulfonamides is 1. The number of nitrogen functional groups attached to an aromatic ring is 1. The van der Waals surface area contributed by atoms with Crippen LogP contribution in [0.4, 0.5) is 5.82 Å². The minimum absolute atomic E-state index is 0.0605. The van der Waals surface area contributed by atoms with Crippen molar-refractivity contribution in [2.75, 3.05) is 26.0 Å². The van der Waals surface area contributed by atoms with Crippen LogP contribution in [-0.4, -0.2) is 44.0 Å². The van der Waals surface area contributed by atoms with Gasteiger partial charge in [-0.2, -0.15) is 4.31 Å². The molecule has 6 nitrogen and oxygen atoms in total. The van der Waals surface area contributed by atoms with Crippen LogP contribution in [0, 0.1) is 5.92 Å². The van der Waals surface area contributed by atoms with E-state index < -0.39 is 10.0 Å². The molecule has 1 heterocycles. The van der Waals surface area contributed by atoms with Gasteiger partial charge in [0.2, 0.25) is 10.0 Å². The summed E-state index contributed by atoms with van der Waals surface area (Å²) in [6.07, 6.45) is 3.36. The molecule has 0 aromatic carbocycles. The molecular formula is C13H20ClN3O3S. The number of hydrogen-bond acceptors (Lipinski definition) is 5. The van der Waals surface area contributed by atoms with Crippen LogP contribution in [0.2, 0.25) is 5.02 Å². The molecule has 1 aliphatic rings. The zero-order valence-corrected chi connectivity index (χ0v) is 13.7. The summed E-state index contributed by atoms with van der Waals surface area (Å²) >= 11 is 5.89. The Morgan fingerprint density at radius 1 is 1.57 bits per heavy atom. The van der Waals surface area contributed by atoms with E-state index in [0.717, 1.165) is 12.8 Å². The van der Waals surface area contributed by atoms with E-state index in [0.29, 0.717) is 19.1 Å². The van der Waals surface area contributed by atoms with Gasteiger partial charge in [-0.05, 0) is 31.7 Å². The third-order valence-electron chi connectivity index (χ3n) is 3.73. The lowest BCUT2D eigenvalue weighted by molar-refractivity contribution is 0.164. The number of ether oxygens (including phenoxy) is 1. The number of rotatable bonds is 7. The molecular weight excluding hydrogens is 314 g/mol. The molecule has 0 amide bonds. The van der Waals surface area contributed by atoms with Crippen molar-refractivity contribution in [1.29, 1.82) is 0 Å². The summed E-state index contributed by atoms with van der Waals surface area (Å²) in [7, 11) is -2.12. The average Bonchev–Trinajstić information content (AvgIpc) is 3.26. The molecule has 1 saturated carbocycles. The van der Waals surface area contributed by atoms with Gasteiger partial charge in [0.25, 0.3) is 0 Å². The Balaban J connectivity index is 2.33. The van der Waals surface area contributed by atoms with Gasteiger partial charge in [0.15, 0.2) is 0 Å². The van der Waals surface area contributed by atoms with Gasteiger partial charge in [0.05, 0.1) is 11.6 Å². The minimum atomic E-state index is -3.67. The Hall–Kier alpha value is -0.890. The highest BCUT2D eigenvalue weighted by Crippen LogP contribution is 2.37. The van der Waals surface area contributed by atoms with Crippen molar-refractivity contribution in [3.05, 3.63) is 17.3 Å². The van der Waals surface area contributed by atoms with Gasteiger partial charge in [-0.25, -0.2) is 13.4 Å². The summed E-state index contributed by atoms with van der Waals surface area (Å²) < 4.78 is 32.1. The van der Waals surface area contributed by atoms with E-state index in [9.17, 15) is 8.42 Å². The van der Waals surface area contributed by atoms with Gasteiger partial charge in [-0.15, -0.1) is 0 Å². The van der Waals surface area contributed by atoms with Crippen LogP contribution in [0.5, 0.6) is 0 Å². The first-order valence-electron chi connectivity index (χ1n) is 6.79. The standard InChI is InChI=1S/C13H20ClN3O3S/c1-9(10-3-4-10)17(5-6-20-2)21(18,19)11-7-12(14)13(15)16-8-11/h7-10H,3-6H2,1-2H3,(H2,15,16). The van der Waals surface area contributed by atoms with Crippen LogP contribution in [0.25, 0.3) is 0 Å². The van der Waals surface area contributed by atoms with Crippen LogP contribution < -0.4 is 5.73 Å². The molecule has 0 radical (unpaired) electrons. The minimum Gasteiger partial charge on any atom is -0.383 e. The maximum absolute atomic E-state index is 12.8. The molecule has 2 N–H and O–H groups in total. The topological polar surface area (TPSA) is 85.5 Å². The van der Waals surface area contributed by atoms with E-state index in [1.54, 1.807) is 7.11 Å². The van der Waals surface area contributed by atoms with Crippen LogP contribution in [0.3, 0.4) is 0 Å². The van der Waals surface area contributed by atoms with Gasteiger partial charge in [-0.1, -0.05) is 11.6 Å². The molecule has 1 aliphatic carbocycles. The lowest BCUT2D eigenvalue weighted by Gasteiger charge is -2.28. The zero-order chi connectivity index (χ0) is 15.6. The Morgan fingerprint density at radius 2 is 2.24 bits per heavy atom. The maximum atomic E-state index is 12.8. The summed E-state index contributed by atoms with van der Waals surface area (Å²) in [6, 6.07) is 1.28. The van der Waals surface area contributed by atoms with E-state index in [1.165, 1.54) is 16.6 Å². The first kappa shape index (κ1) is 16.5. The molecule has 1 fully saturated rings. The van der Waals surface area contributed by atoms with Crippen molar-refractivity contribution in [2.24, 2.45) is 5.92 Å². The summed E-state index contributed by atoms with van der Waals surface area (Å²) in [5.74, 6) is 0.531. The number of pyridine rings is 1. The van der Waals surface area contributed by atoms with Crippen molar-refractivity contribution in [3.63, 3.8) is 0 Å². The number of anilines is 1. The Labute approximate surface area is 130 Å². The predicted molar refractivity (Wildman–Crippen MR) is 81.6 cm³/mol. The summed E-state index contributed by atoms with van der Waals surface area (Å²) in [5.41, 5.74) is 5.53. The highest BCUT2D eigenvalue weighted by atomic mass is 35.5. The monoisotopic (exact) mass is 333 g/mol. The lowest BCUT2D eigenvalue weighted by atomic mass is 10.2. The number of nitrogens with zero attached hydrogens (tertiary/aromatic N) is 2. The Morgan fingerprint density at radius 3 is 2.76 bits per heavy atom. The molecule has 1 aromatic rings. The van der Waals surface area contributed by atoms with E-state index in [2.05, 4.69) is 4.98 Å². The molecule has 0 spiro atoms. The largest absolute Gasteiger partial charge is 0.383 e. The summed E-state index contributed by atoms with van der Waals surface area (Å²) in [4.78, 5) is 3.90. The van der Waals surface area contributed by atoms with Gasteiger partial charge < -0.3 is 10.5 Å². The third kappa shape index (κ3) is 3.66. The van der Waals surface area contributed by atoms with Gasteiger partial charge in [0, 0.05) is 25.9 Å². The average molecular weight is 334 g/mol. The molecule has 1 unspecified atom stereocenters. The molecule has 1 aromatic heterocycles. The summed E-state index contributed by atoms with van der Waals surface area (Å²) in [5, 5.41) is 0.141. The van der Waals surface area contributed by atoms with Crippen molar-refractivity contribution in [1.82, 2.24) is 9.29 Å². The highest BCUT2D eigenvalue weighted by molar-refractivity contribution is 7.89. The fourth-order valence-electron chi connectivity index (χ4n) is 2.25. The smallest absolute Gasteiger partial charge is 0.244 e. The molecule has 2 rings (SSSR count). The van der Waals surface area contributed by atoms with E-state index in [1.807, 2.05) is 6.92 Å². The lowest BCUT2D eigenvalue weighted by Crippen LogP contribution is -2.41. The molecule has 0 bridgehead atoms. The molecule has 8 heteroatoms. The predicted octanol–water partition coefficient (Wildman–Crippen LogP) is 1.75. The van der Waals surface area contributed by atoms with Gasteiger partial charge in [-0.3, -0.25) is 0 Å². The highest BCUT2D eigenvalue weighted by Gasteiger charge is 2.38. The fourth-order valence-corrected chi connectivity index (χ4v) is 4.12. The van der Waals surface area contributed by atoms with Crippen LogP contribution in [-0.2, 0) is 14.8 Å². The van der Waals surface area contributed by atoms with Crippen LogP contribution >= 0.6 is 11.6 Å². The van der Waals surface area contributed by atoms with Crippen molar-refractivity contribution in [2.45, 2.75) is 30.7 Å². The number of hydrogen-bond donors (Lipinski definition) is 1. The van der Waals surface area contributed by atoms with Gasteiger partial charge >= 0.3 is 0 Å². The normalized spacial score (nSPS) is 17.1.